The molecule has 0 heterocycles. The first kappa shape index (κ1) is 13.0. The smallest absolute Gasteiger partial charge is 0.236 e. The Kier molecular flexibility index (Phi) is 5.29. The third kappa shape index (κ3) is 3.83. The average molecular weight is 241 g/mol. The van der Waals surface area contributed by atoms with Gasteiger partial charge in [-0.25, -0.2) is 0 Å². The maximum absolute atomic E-state index is 11.6. The van der Waals surface area contributed by atoms with E-state index in [0.717, 1.165) is 18.5 Å². The molecule has 2 N–H and O–H groups in total. The van der Waals surface area contributed by atoms with Crippen molar-refractivity contribution in [1.29, 1.82) is 0 Å². The van der Waals surface area contributed by atoms with E-state index < -0.39 is 0 Å². The van der Waals surface area contributed by atoms with Gasteiger partial charge in [0.05, 0.1) is 6.54 Å². The Hall–Kier alpha value is -1.06. The first-order chi connectivity index (χ1) is 7.67. The highest BCUT2D eigenvalue weighted by Crippen LogP contribution is 2.12. The van der Waals surface area contributed by atoms with Crippen LogP contribution in [-0.4, -0.2) is 23.9 Å². The molecule has 16 heavy (non-hydrogen) atoms. The summed E-state index contributed by atoms with van der Waals surface area (Å²) in [6, 6.07) is 7.53. The molecule has 1 aromatic rings. The molecule has 1 rings (SSSR count). The van der Waals surface area contributed by atoms with E-state index in [1.165, 1.54) is 0 Å². The van der Waals surface area contributed by atoms with Crippen LogP contribution in [0, 0.1) is 0 Å². The lowest BCUT2D eigenvalue weighted by atomic mass is 10.2. The highest BCUT2D eigenvalue weighted by molar-refractivity contribution is 6.30. The van der Waals surface area contributed by atoms with Crippen molar-refractivity contribution in [2.75, 3.05) is 13.1 Å². The number of hydrogen-bond donors (Lipinski definition) is 1. The van der Waals surface area contributed by atoms with Gasteiger partial charge in [0, 0.05) is 18.1 Å². The third-order valence-corrected chi connectivity index (χ3v) is 2.52. The summed E-state index contributed by atoms with van der Waals surface area (Å²) in [5.41, 5.74) is 6.40. The quantitative estimate of drug-likeness (QED) is 0.856. The lowest BCUT2D eigenvalue weighted by molar-refractivity contribution is -0.130. The summed E-state index contributed by atoms with van der Waals surface area (Å²) < 4.78 is 0. The van der Waals surface area contributed by atoms with Crippen LogP contribution in [0.25, 0.3) is 0 Å². The minimum absolute atomic E-state index is 0.0261. The standard InChI is InChI=1S/C12H17ClN2O/c1-2-6-15(12(16)8-14)9-10-4-3-5-11(13)7-10/h3-5,7H,2,6,8-9,14H2,1H3. The largest absolute Gasteiger partial charge is 0.337 e. The van der Waals surface area contributed by atoms with E-state index in [2.05, 4.69) is 0 Å². The van der Waals surface area contributed by atoms with Crippen LogP contribution >= 0.6 is 11.6 Å². The van der Waals surface area contributed by atoms with Gasteiger partial charge in [-0.1, -0.05) is 30.7 Å². The van der Waals surface area contributed by atoms with Crippen LogP contribution in [0.3, 0.4) is 0 Å². The second-order valence-corrected chi connectivity index (χ2v) is 4.09. The SMILES string of the molecule is CCCN(Cc1cccc(Cl)c1)C(=O)CN. The van der Waals surface area contributed by atoms with Gasteiger partial charge < -0.3 is 10.6 Å². The second kappa shape index (κ2) is 6.51. The number of carbonyl (C=O) groups excluding carboxylic acids is 1. The fourth-order valence-electron chi connectivity index (χ4n) is 1.55. The van der Waals surface area contributed by atoms with Crippen LogP contribution in [0.5, 0.6) is 0 Å². The number of amides is 1. The van der Waals surface area contributed by atoms with Gasteiger partial charge in [-0.05, 0) is 24.1 Å². The molecule has 0 fully saturated rings. The van der Waals surface area contributed by atoms with Gasteiger partial charge in [-0.15, -0.1) is 0 Å². The molecule has 1 aromatic carbocycles. The molecule has 0 atom stereocenters. The van der Waals surface area contributed by atoms with Crippen LogP contribution in [0.4, 0.5) is 0 Å². The van der Waals surface area contributed by atoms with Crippen LogP contribution in [-0.2, 0) is 11.3 Å². The predicted octanol–water partition coefficient (Wildman–Crippen LogP) is 2.04. The monoisotopic (exact) mass is 240 g/mol. The van der Waals surface area contributed by atoms with E-state index in [1.54, 1.807) is 4.90 Å². The predicted molar refractivity (Wildman–Crippen MR) is 66.2 cm³/mol. The van der Waals surface area contributed by atoms with Crippen LogP contribution in [0.1, 0.15) is 18.9 Å². The summed E-state index contributed by atoms with van der Waals surface area (Å²) in [6.45, 7) is 3.39. The van der Waals surface area contributed by atoms with E-state index >= 15 is 0 Å². The summed E-state index contributed by atoms with van der Waals surface area (Å²) in [6.07, 6.45) is 0.923. The van der Waals surface area contributed by atoms with Gasteiger partial charge >= 0.3 is 0 Å². The molecular formula is C12H17ClN2O. The van der Waals surface area contributed by atoms with Gasteiger partial charge in [-0.2, -0.15) is 0 Å². The Morgan fingerprint density at radius 2 is 2.25 bits per heavy atom. The van der Waals surface area contributed by atoms with Crippen molar-refractivity contribution in [3.8, 4) is 0 Å². The maximum Gasteiger partial charge on any atom is 0.236 e. The van der Waals surface area contributed by atoms with Gasteiger partial charge in [0.1, 0.15) is 0 Å². The lowest BCUT2D eigenvalue weighted by Gasteiger charge is -2.21. The Morgan fingerprint density at radius 1 is 1.50 bits per heavy atom. The molecule has 0 aliphatic carbocycles. The molecule has 0 saturated carbocycles. The summed E-state index contributed by atoms with van der Waals surface area (Å²) in [7, 11) is 0. The van der Waals surface area contributed by atoms with Gasteiger partial charge in [0.2, 0.25) is 5.91 Å². The number of nitrogens with zero attached hydrogens (tertiary/aromatic N) is 1. The zero-order chi connectivity index (χ0) is 12.0. The van der Waals surface area contributed by atoms with Crippen molar-refractivity contribution < 1.29 is 4.79 Å². The molecule has 0 saturated heterocycles. The molecule has 0 bridgehead atoms. The van der Waals surface area contributed by atoms with E-state index in [4.69, 9.17) is 17.3 Å². The van der Waals surface area contributed by atoms with Crippen molar-refractivity contribution in [1.82, 2.24) is 4.90 Å². The highest BCUT2D eigenvalue weighted by atomic mass is 35.5. The molecule has 88 valence electrons. The van der Waals surface area contributed by atoms with E-state index in [-0.39, 0.29) is 12.5 Å². The van der Waals surface area contributed by atoms with Crippen LogP contribution < -0.4 is 5.73 Å². The van der Waals surface area contributed by atoms with Crippen LogP contribution in [0.15, 0.2) is 24.3 Å². The number of rotatable bonds is 5. The van der Waals surface area contributed by atoms with Gasteiger partial charge in [0.25, 0.3) is 0 Å². The zero-order valence-electron chi connectivity index (χ0n) is 9.45. The Labute approximate surface area is 101 Å². The minimum Gasteiger partial charge on any atom is -0.337 e. The summed E-state index contributed by atoms with van der Waals surface area (Å²) in [5.74, 6) is -0.0261. The van der Waals surface area contributed by atoms with Crippen molar-refractivity contribution in [2.24, 2.45) is 5.73 Å². The second-order valence-electron chi connectivity index (χ2n) is 3.65. The number of nitrogens with two attached hydrogens (primary N) is 1. The zero-order valence-corrected chi connectivity index (χ0v) is 10.2. The Bertz CT molecular complexity index is 355. The van der Waals surface area contributed by atoms with Crippen molar-refractivity contribution >= 4 is 17.5 Å². The van der Waals surface area contributed by atoms with E-state index in [0.29, 0.717) is 11.6 Å². The fourth-order valence-corrected chi connectivity index (χ4v) is 1.76. The molecule has 0 unspecified atom stereocenters. The minimum atomic E-state index is -0.0261. The molecule has 0 aliphatic heterocycles. The van der Waals surface area contributed by atoms with Crippen LogP contribution in [0.2, 0.25) is 5.02 Å². The molecular weight excluding hydrogens is 224 g/mol. The summed E-state index contributed by atoms with van der Waals surface area (Å²) >= 11 is 5.89. The molecule has 0 radical (unpaired) electrons. The topological polar surface area (TPSA) is 46.3 Å². The number of carbonyl (C=O) groups is 1. The normalized spacial score (nSPS) is 10.2. The Balaban J connectivity index is 2.71. The molecule has 4 heteroatoms. The number of benzene rings is 1. The van der Waals surface area contributed by atoms with E-state index in [9.17, 15) is 4.79 Å². The van der Waals surface area contributed by atoms with Gasteiger partial charge in [-0.3, -0.25) is 4.79 Å². The molecule has 3 nitrogen and oxygen atoms in total. The molecule has 0 spiro atoms. The van der Waals surface area contributed by atoms with Crippen molar-refractivity contribution in [2.45, 2.75) is 19.9 Å². The molecule has 0 aliphatic rings. The molecule has 0 aromatic heterocycles. The molecule has 1 amide bonds. The van der Waals surface area contributed by atoms with Crippen molar-refractivity contribution in [3.05, 3.63) is 34.9 Å². The summed E-state index contributed by atoms with van der Waals surface area (Å²) in [4.78, 5) is 13.3. The first-order valence-corrected chi connectivity index (χ1v) is 5.77. The maximum atomic E-state index is 11.6. The number of halogens is 1. The van der Waals surface area contributed by atoms with Gasteiger partial charge in [0.15, 0.2) is 0 Å². The highest BCUT2D eigenvalue weighted by Gasteiger charge is 2.11. The lowest BCUT2D eigenvalue weighted by Crippen LogP contribution is -2.36. The average Bonchev–Trinajstić information content (AvgIpc) is 2.27. The third-order valence-electron chi connectivity index (χ3n) is 2.28. The van der Waals surface area contributed by atoms with E-state index in [1.807, 2.05) is 31.2 Å². The number of hydrogen-bond acceptors (Lipinski definition) is 2. The fraction of sp³-hybridized carbons (Fsp3) is 0.417. The Morgan fingerprint density at radius 3 is 2.81 bits per heavy atom. The van der Waals surface area contributed by atoms with Crippen molar-refractivity contribution in [3.63, 3.8) is 0 Å². The first-order valence-electron chi connectivity index (χ1n) is 5.39. The summed E-state index contributed by atoms with van der Waals surface area (Å²) in [5, 5.41) is 0.689.